The van der Waals surface area contributed by atoms with E-state index in [4.69, 9.17) is 14.2 Å². The van der Waals surface area contributed by atoms with Crippen LogP contribution in [0.4, 0.5) is 0 Å². The molecule has 0 aliphatic rings. The lowest BCUT2D eigenvalue weighted by atomic mass is 10.1. The van der Waals surface area contributed by atoms with Gasteiger partial charge in [-0.1, -0.05) is 36.4 Å². The third-order valence-electron chi connectivity index (χ3n) is 5.14. The number of hydrogen-bond donors (Lipinski definition) is 2. The van der Waals surface area contributed by atoms with Crippen molar-refractivity contribution in [2.75, 3.05) is 20.8 Å². The van der Waals surface area contributed by atoms with Gasteiger partial charge in [-0.15, -0.1) is 0 Å². The summed E-state index contributed by atoms with van der Waals surface area (Å²) in [7, 11) is 3.10. The van der Waals surface area contributed by atoms with Gasteiger partial charge in [0.15, 0.2) is 18.1 Å². The Morgan fingerprint density at radius 3 is 2.31 bits per heavy atom. The molecule has 1 unspecified atom stereocenters. The molecular weight excluding hydrogens is 446 g/mol. The van der Waals surface area contributed by atoms with Crippen molar-refractivity contribution in [1.29, 1.82) is 0 Å². The van der Waals surface area contributed by atoms with Crippen molar-refractivity contribution in [3.63, 3.8) is 0 Å². The van der Waals surface area contributed by atoms with Gasteiger partial charge < -0.3 is 19.5 Å². The molecule has 0 heterocycles. The molecule has 0 aliphatic carbocycles. The van der Waals surface area contributed by atoms with Gasteiger partial charge in [-0.25, -0.2) is 5.43 Å². The number of nitrogens with one attached hydrogen (secondary N) is 2. The minimum absolute atomic E-state index is 0.0865. The second-order valence-corrected chi connectivity index (χ2v) is 7.72. The quantitative estimate of drug-likeness (QED) is 0.326. The Bertz CT molecular complexity index is 1150. The van der Waals surface area contributed by atoms with E-state index in [1.54, 1.807) is 56.7 Å². The van der Waals surface area contributed by atoms with Crippen LogP contribution in [0.15, 0.2) is 77.9 Å². The maximum absolute atomic E-state index is 12.2. The van der Waals surface area contributed by atoms with Crippen LogP contribution >= 0.6 is 0 Å². The molecule has 3 aromatic carbocycles. The van der Waals surface area contributed by atoms with Gasteiger partial charge in [0.1, 0.15) is 5.75 Å². The summed E-state index contributed by atoms with van der Waals surface area (Å²) < 4.78 is 16.0. The van der Waals surface area contributed by atoms with Crippen molar-refractivity contribution in [3.05, 3.63) is 89.5 Å². The van der Waals surface area contributed by atoms with Gasteiger partial charge in [0.25, 0.3) is 5.91 Å². The first-order valence-electron chi connectivity index (χ1n) is 11.1. The van der Waals surface area contributed by atoms with Crippen molar-refractivity contribution < 1.29 is 23.8 Å². The normalized spacial score (nSPS) is 11.5. The maximum Gasteiger partial charge on any atom is 0.258 e. The molecule has 1 atom stereocenters. The van der Waals surface area contributed by atoms with Crippen molar-refractivity contribution in [1.82, 2.24) is 10.7 Å². The number of nitrogens with zero attached hydrogens (tertiary/aromatic N) is 1. The molecule has 0 saturated heterocycles. The number of hydrazone groups is 1. The van der Waals surface area contributed by atoms with Gasteiger partial charge in [-0.3, -0.25) is 9.59 Å². The number of benzene rings is 3. The summed E-state index contributed by atoms with van der Waals surface area (Å²) >= 11 is 0. The van der Waals surface area contributed by atoms with Crippen LogP contribution < -0.4 is 25.0 Å². The average Bonchev–Trinajstić information content (AvgIpc) is 2.88. The fourth-order valence-electron chi connectivity index (χ4n) is 3.30. The highest BCUT2D eigenvalue weighted by molar-refractivity contribution is 5.83. The Morgan fingerprint density at radius 2 is 1.63 bits per heavy atom. The standard InChI is InChI=1S/C27H29N3O5/c1-19(22-7-5-4-6-8-22)29-27(32)18-35-23-12-9-20(10-13-23)17-28-30-26(31)16-21-11-14-24(33-2)25(15-21)34-3/h4-15,17,19H,16,18H2,1-3H3,(H,29,32)(H,30,31)/b28-17-. The number of methoxy groups -OCH3 is 2. The smallest absolute Gasteiger partial charge is 0.258 e. The molecule has 0 radical (unpaired) electrons. The summed E-state index contributed by atoms with van der Waals surface area (Å²) in [6.07, 6.45) is 1.68. The van der Waals surface area contributed by atoms with Crippen LogP contribution in [0.25, 0.3) is 0 Å². The Hall–Kier alpha value is -4.33. The van der Waals surface area contributed by atoms with Crippen LogP contribution in [0.5, 0.6) is 17.2 Å². The van der Waals surface area contributed by atoms with Gasteiger partial charge in [-0.05, 0) is 60.0 Å². The fourth-order valence-corrected chi connectivity index (χ4v) is 3.30. The number of amides is 2. The first-order chi connectivity index (χ1) is 17.0. The Balaban J connectivity index is 1.43. The van der Waals surface area contributed by atoms with E-state index in [9.17, 15) is 9.59 Å². The summed E-state index contributed by atoms with van der Waals surface area (Å²) in [6.45, 7) is 1.84. The number of carbonyl (C=O) groups excluding carboxylic acids is 2. The minimum Gasteiger partial charge on any atom is -0.493 e. The summed E-state index contributed by atoms with van der Waals surface area (Å²) in [6, 6.07) is 22.0. The van der Waals surface area contributed by atoms with E-state index in [1.165, 1.54) is 6.21 Å². The zero-order valence-corrected chi connectivity index (χ0v) is 20.0. The molecule has 0 spiro atoms. The lowest BCUT2D eigenvalue weighted by molar-refractivity contribution is -0.123. The predicted octanol–water partition coefficient (Wildman–Crippen LogP) is 3.65. The average molecular weight is 476 g/mol. The van der Waals surface area contributed by atoms with E-state index in [0.29, 0.717) is 17.2 Å². The van der Waals surface area contributed by atoms with Gasteiger partial charge in [0, 0.05) is 0 Å². The Morgan fingerprint density at radius 1 is 0.914 bits per heavy atom. The second kappa shape index (κ2) is 12.8. The van der Waals surface area contributed by atoms with E-state index in [-0.39, 0.29) is 30.9 Å². The van der Waals surface area contributed by atoms with Crippen LogP contribution in [0.1, 0.15) is 29.7 Å². The molecule has 3 rings (SSSR count). The Labute approximate surface area is 204 Å². The summed E-state index contributed by atoms with van der Waals surface area (Å²) in [5, 5.41) is 6.90. The number of ether oxygens (including phenoxy) is 3. The molecule has 0 aromatic heterocycles. The zero-order chi connectivity index (χ0) is 25.0. The van der Waals surface area contributed by atoms with Gasteiger partial charge in [0.05, 0.1) is 32.9 Å². The third-order valence-corrected chi connectivity index (χ3v) is 5.14. The maximum atomic E-state index is 12.2. The van der Waals surface area contributed by atoms with Crippen molar-refractivity contribution in [2.24, 2.45) is 5.10 Å². The minimum atomic E-state index is -0.260. The molecule has 2 N–H and O–H groups in total. The molecule has 35 heavy (non-hydrogen) atoms. The van der Waals surface area contributed by atoms with Crippen LogP contribution in [0, 0.1) is 0 Å². The van der Waals surface area contributed by atoms with Gasteiger partial charge in [0.2, 0.25) is 5.91 Å². The topological polar surface area (TPSA) is 98.3 Å². The molecule has 8 nitrogen and oxygen atoms in total. The molecule has 8 heteroatoms. The van der Waals surface area contributed by atoms with Crippen LogP contribution in [0.3, 0.4) is 0 Å². The molecule has 182 valence electrons. The SMILES string of the molecule is COc1ccc(CC(=O)N/N=C\c2ccc(OCC(=O)NC(C)c3ccccc3)cc2)cc1OC. The molecule has 0 bridgehead atoms. The number of hydrogen-bond acceptors (Lipinski definition) is 6. The monoisotopic (exact) mass is 475 g/mol. The lowest BCUT2D eigenvalue weighted by Crippen LogP contribution is -2.31. The predicted molar refractivity (Wildman–Crippen MR) is 134 cm³/mol. The fraction of sp³-hybridized carbons (Fsp3) is 0.222. The van der Waals surface area contributed by atoms with E-state index < -0.39 is 0 Å². The lowest BCUT2D eigenvalue weighted by Gasteiger charge is -2.14. The highest BCUT2D eigenvalue weighted by Crippen LogP contribution is 2.27. The van der Waals surface area contributed by atoms with Crippen molar-refractivity contribution in [3.8, 4) is 17.2 Å². The number of carbonyl (C=O) groups is 2. The highest BCUT2D eigenvalue weighted by Gasteiger charge is 2.10. The van der Waals surface area contributed by atoms with E-state index >= 15 is 0 Å². The van der Waals surface area contributed by atoms with E-state index in [2.05, 4.69) is 15.8 Å². The highest BCUT2D eigenvalue weighted by atomic mass is 16.5. The summed E-state index contributed by atoms with van der Waals surface area (Å²) in [5.41, 5.74) is 5.08. The summed E-state index contributed by atoms with van der Waals surface area (Å²) in [5.74, 6) is 1.26. The molecule has 3 aromatic rings. The van der Waals surface area contributed by atoms with Gasteiger partial charge in [-0.2, -0.15) is 5.10 Å². The van der Waals surface area contributed by atoms with Crippen LogP contribution in [0.2, 0.25) is 0 Å². The van der Waals surface area contributed by atoms with Gasteiger partial charge >= 0.3 is 0 Å². The van der Waals surface area contributed by atoms with Crippen LogP contribution in [-0.2, 0) is 16.0 Å². The van der Waals surface area contributed by atoms with E-state index in [1.807, 2.05) is 37.3 Å². The van der Waals surface area contributed by atoms with Crippen LogP contribution in [-0.4, -0.2) is 38.9 Å². The van der Waals surface area contributed by atoms with Crippen molar-refractivity contribution in [2.45, 2.75) is 19.4 Å². The first-order valence-corrected chi connectivity index (χ1v) is 11.1. The molecule has 0 saturated carbocycles. The molecule has 0 aliphatic heterocycles. The molecule has 0 fully saturated rings. The Kier molecular flexibility index (Phi) is 9.24. The van der Waals surface area contributed by atoms with E-state index in [0.717, 1.165) is 16.7 Å². The summed E-state index contributed by atoms with van der Waals surface area (Å²) in [4.78, 5) is 24.3. The number of rotatable bonds is 11. The second-order valence-electron chi connectivity index (χ2n) is 7.72. The third kappa shape index (κ3) is 7.89. The molecular formula is C27H29N3O5. The first kappa shape index (κ1) is 25.3. The largest absolute Gasteiger partial charge is 0.493 e. The zero-order valence-electron chi connectivity index (χ0n) is 20.0. The molecule has 2 amide bonds. The van der Waals surface area contributed by atoms with Crippen molar-refractivity contribution >= 4 is 18.0 Å².